The van der Waals surface area contributed by atoms with Crippen LogP contribution in [0.2, 0.25) is 5.02 Å². The molecular formula is C11H14ClNO4S. The molecule has 0 atom stereocenters. The first-order valence-electron chi connectivity index (χ1n) is 5.03. The zero-order chi connectivity index (χ0) is 13.9. The summed E-state index contributed by atoms with van der Waals surface area (Å²) in [6.45, 7) is 0.0594. The molecule has 0 N–H and O–H groups in total. The predicted octanol–water partition coefficient (Wildman–Crippen LogP) is 1.52. The molecule has 0 aromatic heterocycles. The van der Waals surface area contributed by atoms with Gasteiger partial charge < -0.3 is 4.74 Å². The third kappa shape index (κ3) is 3.69. The maximum Gasteiger partial charge on any atom is 0.338 e. The van der Waals surface area contributed by atoms with Crippen LogP contribution < -0.4 is 0 Å². The number of hydrogen-bond donors (Lipinski definition) is 0. The maximum absolute atomic E-state index is 11.5. The van der Waals surface area contributed by atoms with Crippen LogP contribution >= 0.6 is 11.6 Å². The number of ether oxygens (including phenoxy) is 1. The molecule has 0 unspecified atom stereocenters. The Kier molecular flexibility index (Phi) is 4.72. The van der Waals surface area contributed by atoms with Crippen molar-refractivity contribution in [2.45, 2.75) is 6.54 Å². The number of carbonyl (C=O) groups excluding carboxylic acids is 1. The number of rotatable bonds is 4. The minimum absolute atomic E-state index is 0.0594. The summed E-state index contributed by atoms with van der Waals surface area (Å²) in [5.74, 6) is -0.524. The molecule has 0 aliphatic rings. The lowest BCUT2D eigenvalue weighted by Crippen LogP contribution is -2.26. The molecule has 18 heavy (non-hydrogen) atoms. The number of nitrogens with zero attached hydrogens (tertiary/aromatic N) is 1. The molecule has 1 aromatic rings. The van der Waals surface area contributed by atoms with Crippen molar-refractivity contribution in [3.63, 3.8) is 0 Å². The summed E-state index contributed by atoms with van der Waals surface area (Å²) < 4.78 is 28.5. The van der Waals surface area contributed by atoms with Crippen LogP contribution in [0.3, 0.4) is 0 Å². The monoisotopic (exact) mass is 291 g/mol. The summed E-state index contributed by atoms with van der Waals surface area (Å²) in [4.78, 5) is 11.5. The summed E-state index contributed by atoms with van der Waals surface area (Å²) in [5, 5.41) is 0.430. The van der Waals surface area contributed by atoms with Gasteiger partial charge in [-0.2, -0.15) is 0 Å². The van der Waals surface area contributed by atoms with E-state index in [1.807, 2.05) is 0 Å². The van der Waals surface area contributed by atoms with Crippen molar-refractivity contribution >= 4 is 27.6 Å². The van der Waals surface area contributed by atoms with E-state index >= 15 is 0 Å². The Hall–Kier alpha value is -1.11. The summed E-state index contributed by atoms with van der Waals surface area (Å²) in [7, 11) is -0.632. The Morgan fingerprint density at radius 3 is 2.56 bits per heavy atom. The van der Waals surface area contributed by atoms with Crippen LogP contribution in [-0.4, -0.2) is 39.1 Å². The average Bonchev–Trinajstić information content (AvgIpc) is 2.27. The van der Waals surface area contributed by atoms with E-state index in [0.717, 1.165) is 10.6 Å². The second kappa shape index (κ2) is 5.69. The van der Waals surface area contributed by atoms with E-state index in [1.165, 1.54) is 20.2 Å². The average molecular weight is 292 g/mol. The number of halogens is 1. The Bertz CT molecular complexity index is 556. The van der Waals surface area contributed by atoms with Gasteiger partial charge in [-0.25, -0.2) is 17.5 Å². The highest BCUT2D eigenvalue weighted by atomic mass is 35.5. The fourth-order valence-corrected chi connectivity index (χ4v) is 1.93. The molecule has 0 bridgehead atoms. The number of esters is 1. The molecule has 0 spiro atoms. The van der Waals surface area contributed by atoms with E-state index in [4.69, 9.17) is 11.6 Å². The zero-order valence-corrected chi connectivity index (χ0v) is 11.9. The molecule has 0 heterocycles. The third-order valence-corrected chi connectivity index (χ3v) is 3.93. The third-order valence-electron chi connectivity index (χ3n) is 2.43. The van der Waals surface area contributed by atoms with Crippen molar-refractivity contribution in [2.75, 3.05) is 20.4 Å². The van der Waals surface area contributed by atoms with Gasteiger partial charge in [0.1, 0.15) is 0 Å². The highest BCUT2D eigenvalue weighted by Crippen LogP contribution is 2.19. The number of methoxy groups -OCH3 is 1. The summed E-state index contributed by atoms with van der Waals surface area (Å²) in [5.41, 5.74) is 0.805. The topological polar surface area (TPSA) is 63.7 Å². The fraction of sp³-hybridized carbons (Fsp3) is 0.364. The molecule has 0 fully saturated rings. The summed E-state index contributed by atoms with van der Waals surface area (Å²) in [6, 6.07) is 4.62. The number of carbonyl (C=O) groups is 1. The second-order valence-electron chi connectivity index (χ2n) is 3.81. The standard InChI is InChI=1S/C11H14ClNO4S/c1-13(18(3,15)16)7-8-6-9(12)4-5-10(8)11(14)17-2/h4-6H,7H2,1-3H3. The highest BCUT2D eigenvalue weighted by molar-refractivity contribution is 7.88. The number of benzene rings is 1. The smallest absolute Gasteiger partial charge is 0.338 e. The molecule has 7 heteroatoms. The van der Waals surface area contributed by atoms with Crippen molar-refractivity contribution in [3.8, 4) is 0 Å². The normalized spacial score (nSPS) is 11.6. The molecule has 0 radical (unpaired) electrons. The van der Waals surface area contributed by atoms with Crippen molar-refractivity contribution in [3.05, 3.63) is 34.3 Å². The summed E-state index contributed by atoms with van der Waals surface area (Å²) >= 11 is 5.84. The van der Waals surface area contributed by atoms with Crippen LogP contribution in [0, 0.1) is 0 Å². The van der Waals surface area contributed by atoms with Crippen molar-refractivity contribution in [1.29, 1.82) is 0 Å². The minimum atomic E-state index is -3.32. The Balaban J connectivity index is 3.14. The van der Waals surface area contributed by atoms with Gasteiger partial charge in [0.2, 0.25) is 10.0 Å². The van der Waals surface area contributed by atoms with Crippen molar-refractivity contribution in [1.82, 2.24) is 4.31 Å². The molecule has 0 saturated heterocycles. The molecule has 0 amide bonds. The van der Waals surface area contributed by atoms with E-state index in [2.05, 4.69) is 4.74 Å². The first-order valence-corrected chi connectivity index (χ1v) is 7.26. The van der Waals surface area contributed by atoms with E-state index in [9.17, 15) is 13.2 Å². The molecular weight excluding hydrogens is 278 g/mol. The van der Waals surface area contributed by atoms with Crippen molar-refractivity contribution < 1.29 is 17.9 Å². The van der Waals surface area contributed by atoms with Crippen LogP contribution in [0.25, 0.3) is 0 Å². The molecule has 0 aliphatic carbocycles. The lowest BCUT2D eigenvalue weighted by molar-refractivity contribution is 0.0599. The van der Waals surface area contributed by atoms with Gasteiger partial charge in [-0.3, -0.25) is 0 Å². The van der Waals surface area contributed by atoms with E-state index < -0.39 is 16.0 Å². The Labute approximate surface area is 111 Å². The molecule has 1 rings (SSSR count). The molecule has 1 aromatic carbocycles. The van der Waals surface area contributed by atoms with Gasteiger partial charge in [0.15, 0.2) is 0 Å². The van der Waals surface area contributed by atoms with Crippen molar-refractivity contribution in [2.24, 2.45) is 0 Å². The van der Waals surface area contributed by atoms with Crippen LogP contribution in [0.5, 0.6) is 0 Å². The minimum Gasteiger partial charge on any atom is -0.465 e. The largest absolute Gasteiger partial charge is 0.465 e. The van der Waals surface area contributed by atoms with Gasteiger partial charge in [0.05, 0.1) is 18.9 Å². The Morgan fingerprint density at radius 2 is 2.06 bits per heavy atom. The molecule has 100 valence electrons. The fourth-order valence-electron chi connectivity index (χ4n) is 1.36. The van der Waals surface area contributed by atoms with Crippen LogP contribution in [0.1, 0.15) is 15.9 Å². The number of hydrogen-bond acceptors (Lipinski definition) is 4. The SMILES string of the molecule is COC(=O)c1ccc(Cl)cc1CN(C)S(C)(=O)=O. The van der Waals surface area contributed by atoms with Gasteiger partial charge in [0.25, 0.3) is 0 Å². The van der Waals surface area contributed by atoms with Gasteiger partial charge in [-0.1, -0.05) is 11.6 Å². The first kappa shape index (κ1) is 14.9. The van der Waals surface area contributed by atoms with Gasteiger partial charge in [0, 0.05) is 18.6 Å². The second-order valence-corrected chi connectivity index (χ2v) is 6.34. The molecule has 0 saturated carbocycles. The van der Waals surface area contributed by atoms with Gasteiger partial charge >= 0.3 is 5.97 Å². The van der Waals surface area contributed by atoms with Crippen LogP contribution in [-0.2, 0) is 21.3 Å². The summed E-state index contributed by atoms with van der Waals surface area (Å²) in [6.07, 6.45) is 1.09. The van der Waals surface area contributed by atoms with Gasteiger partial charge in [-0.05, 0) is 23.8 Å². The molecule has 0 aliphatic heterocycles. The lowest BCUT2D eigenvalue weighted by atomic mass is 10.1. The van der Waals surface area contributed by atoms with Gasteiger partial charge in [-0.15, -0.1) is 0 Å². The predicted molar refractivity (Wildman–Crippen MR) is 69.1 cm³/mol. The van der Waals surface area contributed by atoms with E-state index in [0.29, 0.717) is 16.1 Å². The first-order chi connectivity index (χ1) is 8.25. The highest BCUT2D eigenvalue weighted by Gasteiger charge is 2.17. The lowest BCUT2D eigenvalue weighted by Gasteiger charge is -2.16. The van der Waals surface area contributed by atoms with E-state index in [1.54, 1.807) is 12.1 Å². The molecule has 5 nitrogen and oxygen atoms in total. The number of sulfonamides is 1. The maximum atomic E-state index is 11.5. The van der Waals surface area contributed by atoms with Crippen LogP contribution in [0.4, 0.5) is 0 Å². The van der Waals surface area contributed by atoms with E-state index in [-0.39, 0.29) is 6.54 Å². The Morgan fingerprint density at radius 1 is 1.44 bits per heavy atom. The zero-order valence-electron chi connectivity index (χ0n) is 10.3. The van der Waals surface area contributed by atoms with Crippen LogP contribution in [0.15, 0.2) is 18.2 Å². The quantitative estimate of drug-likeness (QED) is 0.789.